The molecular weight excluding hydrogens is 354 g/mol. The average Bonchev–Trinajstić information content (AvgIpc) is 3.27. The average molecular weight is 373 g/mol. The minimum Gasteiger partial charge on any atom is -0.336 e. The molecule has 136 valence electrons. The molecule has 2 N–H and O–H groups in total. The smallest absolute Gasteiger partial charge is 0.329 e. The Bertz CT molecular complexity index is 1040. The van der Waals surface area contributed by atoms with Crippen LogP contribution in [0.5, 0.6) is 0 Å². The Balaban J connectivity index is 1.73. The lowest BCUT2D eigenvalue weighted by atomic mass is 10.2. The third-order valence-corrected chi connectivity index (χ3v) is 4.87. The molecule has 0 atom stereocenters. The third-order valence-electron chi connectivity index (χ3n) is 4.01. The van der Waals surface area contributed by atoms with Crippen molar-refractivity contribution in [1.82, 2.24) is 24.4 Å². The van der Waals surface area contributed by atoms with Crippen LogP contribution in [-0.4, -0.2) is 36.9 Å². The Labute approximate surface area is 152 Å². The quantitative estimate of drug-likeness (QED) is 0.607. The van der Waals surface area contributed by atoms with Crippen molar-refractivity contribution in [2.45, 2.75) is 19.4 Å². The summed E-state index contributed by atoms with van der Waals surface area (Å²) in [4.78, 5) is 48.3. The van der Waals surface area contributed by atoms with Crippen LogP contribution < -0.4 is 11.2 Å². The first-order valence-electron chi connectivity index (χ1n) is 8.08. The van der Waals surface area contributed by atoms with E-state index in [1.54, 1.807) is 22.3 Å². The van der Waals surface area contributed by atoms with E-state index in [1.165, 1.54) is 11.6 Å². The molecule has 0 fully saturated rings. The van der Waals surface area contributed by atoms with Gasteiger partial charge in [0.25, 0.3) is 5.56 Å². The number of hydrogen-bond acceptors (Lipinski definition) is 5. The highest BCUT2D eigenvalue weighted by Crippen LogP contribution is 2.13. The van der Waals surface area contributed by atoms with Crippen molar-refractivity contribution in [3.8, 4) is 0 Å². The number of amides is 1. The maximum absolute atomic E-state index is 12.6. The first-order chi connectivity index (χ1) is 12.5. The Morgan fingerprint density at radius 2 is 2.23 bits per heavy atom. The number of aryl methyl sites for hydroxylation is 2. The summed E-state index contributed by atoms with van der Waals surface area (Å²) in [5.74, 6) is 0.469. The lowest BCUT2D eigenvalue weighted by Gasteiger charge is -2.20. The number of aromatic amines is 2. The topological polar surface area (TPSA) is 104 Å². The van der Waals surface area contributed by atoms with Gasteiger partial charge in [-0.15, -0.1) is 17.9 Å². The molecule has 0 unspecified atom stereocenters. The fraction of sp³-hybridized carbons (Fsp3) is 0.294. The van der Waals surface area contributed by atoms with E-state index in [0.717, 1.165) is 4.88 Å². The van der Waals surface area contributed by atoms with Gasteiger partial charge < -0.3 is 9.88 Å². The van der Waals surface area contributed by atoms with Crippen LogP contribution in [0, 0.1) is 0 Å². The van der Waals surface area contributed by atoms with Gasteiger partial charge in [-0.2, -0.15) is 0 Å². The van der Waals surface area contributed by atoms with E-state index in [0.29, 0.717) is 25.3 Å². The molecule has 0 aliphatic rings. The SMILES string of the molecule is C=CCN(Cc1cccs1)C(=O)CCc1nc2c([nH]1)c(=O)[nH]c(=O)n2C. The maximum atomic E-state index is 12.6. The lowest BCUT2D eigenvalue weighted by molar-refractivity contribution is -0.131. The number of nitrogens with zero attached hydrogens (tertiary/aromatic N) is 3. The Morgan fingerprint density at radius 3 is 2.92 bits per heavy atom. The molecule has 9 heteroatoms. The zero-order chi connectivity index (χ0) is 18.7. The molecule has 3 aromatic heterocycles. The van der Waals surface area contributed by atoms with Gasteiger partial charge in [0.15, 0.2) is 5.65 Å². The molecule has 0 spiro atoms. The number of carbonyl (C=O) groups excluding carboxylic acids is 1. The minimum absolute atomic E-state index is 0.0263. The second kappa shape index (κ2) is 7.52. The van der Waals surface area contributed by atoms with Crippen LogP contribution in [0.1, 0.15) is 17.1 Å². The Kier molecular flexibility index (Phi) is 5.17. The summed E-state index contributed by atoms with van der Waals surface area (Å²) < 4.78 is 1.26. The molecule has 0 saturated carbocycles. The van der Waals surface area contributed by atoms with E-state index in [4.69, 9.17) is 0 Å². The number of fused-ring (bicyclic) bond motifs is 1. The van der Waals surface area contributed by atoms with Crippen molar-refractivity contribution in [2.75, 3.05) is 6.54 Å². The molecule has 3 heterocycles. The summed E-state index contributed by atoms with van der Waals surface area (Å²) in [5, 5.41) is 1.97. The summed E-state index contributed by atoms with van der Waals surface area (Å²) >= 11 is 1.60. The standard InChI is InChI=1S/C17H19N5O3S/c1-3-8-22(10-11-5-4-9-26-11)13(23)7-6-12-18-14-15(19-12)21(2)17(25)20-16(14)24/h3-5,9H,1,6-8,10H2,2H3,(H,18,19)(H,20,24,25). The zero-order valence-corrected chi connectivity index (χ0v) is 15.1. The van der Waals surface area contributed by atoms with Gasteiger partial charge >= 0.3 is 5.69 Å². The zero-order valence-electron chi connectivity index (χ0n) is 14.3. The minimum atomic E-state index is -0.523. The molecular formula is C17H19N5O3S. The first-order valence-corrected chi connectivity index (χ1v) is 8.96. The van der Waals surface area contributed by atoms with Crippen molar-refractivity contribution in [2.24, 2.45) is 7.05 Å². The molecule has 3 aromatic rings. The summed E-state index contributed by atoms with van der Waals surface area (Å²) in [6.45, 7) is 4.71. The van der Waals surface area contributed by atoms with Crippen LogP contribution in [0.4, 0.5) is 0 Å². The number of aromatic nitrogens is 4. The number of thiophene rings is 1. The maximum Gasteiger partial charge on any atom is 0.329 e. The normalized spacial score (nSPS) is 11.0. The van der Waals surface area contributed by atoms with Crippen LogP contribution in [-0.2, 0) is 24.8 Å². The number of carbonyl (C=O) groups is 1. The second-order valence-corrected chi connectivity index (χ2v) is 6.87. The van der Waals surface area contributed by atoms with Crippen LogP contribution in [0.25, 0.3) is 11.2 Å². The van der Waals surface area contributed by atoms with Crippen molar-refractivity contribution < 1.29 is 4.79 Å². The number of imidazole rings is 1. The lowest BCUT2D eigenvalue weighted by Crippen LogP contribution is -2.30. The number of hydrogen-bond donors (Lipinski definition) is 2. The van der Waals surface area contributed by atoms with E-state index in [9.17, 15) is 14.4 Å². The predicted molar refractivity (Wildman–Crippen MR) is 100 cm³/mol. The van der Waals surface area contributed by atoms with Gasteiger partial charge in [0.1, 0.15) is 11.3 Å². The van der Waals surface area contributed by atoms with E-state index in [-0.39, 0.29) is 23.5 Å². The Morgan fingerprint density at radius 1 is 1.42 bits per heavy atom. The van der Waals surface area contributed by atoms with Crippen LogP contribution in [0.3, 0.4) is 0 Å². The van der Waals surface area contributed by atoms with Gasteiger partial charge in [-0.1, -0.05) is 12.1 Å². The molecule has 0 aromatic carbocycles. The van der Waals surface area contributed by atoms with Gasteiger partial charge in [0, 0.05) is 31.3 Å². The van der Waals surface area contributed by atoms with Gasteiger partial charge in [-0.05, 0) is 11.4 Å². The van der Waals surface area contributed by atoms with Crippen LogP contribution >= 0.6 is 11.3 Å². The first kappa shape index (κ1) is 17.9. The van der Waals surface area contributed by atoms with Gasteiger partial charge in [-0.3, -0.25) is 19.1 Å². The van der Waals surface area contributed by atoms with Gasteiger partial charge in [-0.25, -0.2) is 9.78 Å². The van der Waals surface area contributed by atoms with Gasteiger partial charge in [0.05, 0.1) is 6.54 Å². The molecule has 3 rings (SSSR count). The van der Waals surface area contributed by atoms with Crippen molar-refractivity contribution in [3.05, 3.63) is 61.7 Å². The summed E-state index contributed by atoms with van der Waals surface area (Å²) in [6.07, 6.45) is 2.28. The van der Waals surface area contributed by atoms with Crippen molar-refractivity contribution in [3.63, 3.8) is 0 Å². The third kappa shape index (κ3) is 3.67. The molecule has 26 heavy (non-hydrogen) atoms. The molecule has 0 aliphatic heterocycles. The van der Waals surface area contributed by atoms with Crippen molar-refractivity contribution in [1.29, 1.82) is 0 Å². The predicted octanol–water partition coefficient (Wildman–Crippen LogP) is 1.16. The summed E-state index contributed by atoms with van der Waals surface area (Å²) in [5.41, 5.74) is -0.525. The van der Waals surface area contributed by atoms with E-state index >= 15 is 0 Å². The van der Waals surface area contributed by atoms with E-state index < -0.39 is 11.2 Å². The molecule has 0 radical (unpaired) electrons. The second-order valence-electron chi connectivity index (χ2n) is 5.84. The molecule has 0 bridgehead atoms. The molecule has 0 saturated heterocycles. The number of H-pyrrole nitrogens is 2. The van der Waals surface area contributed by atoms with Crippen molar-refractivity contribution >= 4 is 28.4 Å². The largest absolute Gasteiger partial charge is 0.336 e. The molecule has 8 nitrogen and oxygen atoms in total. The summed E-state index contributed by atoms with van der Waals surface area (Å²) in [7, 11) is 1.53. The fourth-order valence-electron chi connectivity index (χ4n) is 2.66. The summed E-state index contributed by atoms with van der Waals surface area (Å²) in [6, 6.07) is 3.94. The van der Waals surface area contributed by atoms with Gasteiger partial charge in [0.2, 0.25) is 5.91 Å². The Hall–Kier alpha value is -2.94. The highest BCUT2D eigenvalue weighted by atomic mass is 32.1. The highest BCUT2D eigenvalue weighted by molar-refractivity contribution is 7.09. The molecule has 1 amide bonds. The molecule has 0 aliphatic carbocycles. The van der Waals surface area contributed by atoms with Crippen LogP contribution in [0.15, 0.2) is 39.8 Å². The fourth-order valence-corrected chi connectivity index (χ4v) is 3.37. The van der Waals surface area contributed by atoms with Crippen LogP contribution in [0.2, 0.25) is 0 Å². The number of nitrogens with one attached hydrogen (secondary N) is 2. The van der Waals surface area contributed by atoms with E-state index in [1.807, 2.05) is 17.5 Å². The highest BCUT2D eigenvalue weighted by Gasteiger charge is 2.16. The van der Waals surface area contributed by atoms with E-state index in [2.05, 4.69) is 21.5 Å². The number of rotatable bonds is 7. The monoisotopic (exact) mass is 373 g/mol.